The van der Waals surface area contributed by atoms with Crippen LogP contribution in [0.5, 0.6) is 0 Å². The third-order valence-corrected chi connectivity index (χ3v) is 2.24. The van der Waals surface area contributed by atoms with Crippen molar-refractivity contribution in [1.82, 2.24) is 0 Å². The van der Waals surface area contributed by atoms with Crippen LogP contribution in [0.4, 0.5) is 0 Å². The highest BCUT2D eigenvalue weighted by atomic mass is 79.9. The van der Waals surface area contributed by atoms with Crippen molar-refractivity contribution >= 4 is 15.9 Å². The zero-order chi connectivity index (χ0) is 8.27. The number of nitriles is 1. The van der Waals surface area contributed by atoms with E-state index in [0.717, 1.165) is 10.0 Å². The molecule has 0 bridgehead atoms. The van der Waals surface area contributed by atoms with Gasteiger partial charge in [-0.25, -0.2) is 0 Å². The number of hydrogen-bond donors (Lipinski definition) is 0. The van der Waals surface area contributed by atoms with Gasteiger partial charge in [-0.05, 0) is 18.6 Å². The van der Waals surface area contributed by atoms with Crippen LogP contribution in [0.25, 0.3) is 0 Å². The molecule has 0 radical (unpaired) electrons. The predicted molar refractivity (Wildman–Crippen MR) is 48.2 cm³/mol. The Hall–Kier alpha value is -0.810. The number of halogens is 1. The fraction of sp³-hybridized carbons (Fsp3) is 0.222. The lowest BCUT2D eigenvalue weighted by Crippen LogP contribution is -1.84. The lowest BCUT2D eigenvalue weighted by molar-refractivity contribution is 1.23. The Balaban J connectivity index is 3.05. The zero-order valence-corrected chi connectivity index (χ0v) is 7.85. The highest BCUT2D eigenvalue weighted by Gasteiger charge is 1.97. The second kappa shape index (κ2) is 3.54. The average molecular weight is 210 g/mol. The molecule has 56 valence electrons. The molecule has 0 amide bonds. The van der Waals surface area contributed by atoms with Gasteiger partial charge in [0.15, 0.2) is 0 Å². The van der Waals surface area contributed by atoms with E-state index in [1.807, 2.05) is 25.1 Å². The lowest BCUT2D eigenvalue weighted by atomic mass is 10.1. The van der Waals surface area contributed by atoms with Crippen LogP contribution < -0.4 is 0 Å². The summed E-state index contributed by atoms with van der Waals surface area (Å²) in [4.78, 5) is 0. The highest BCUT2D eigenvalue weighted by molar-refractivity contribution is 9.10. The first-order valence-electron chi connectivity index (χ1n) is 3.36. The molecule has 1 aromatic carbocycles. The van der Waals surface area contributed by atoms with Crippen LogP contribution in [0.3, 0.4) is 0 Å². The van der Waals surface area contributed by atoms with Gasteiger partial charge in [-0.1, -0.05) is 33.6 Å². The van der Waals surface area contributed by atoms with E-state index in [1.165, 1.54) is 5.56 Å². The molecule has 1 nitrogen and oxygen atoms in total. The molecule has 0 saturated carbocycles. The van der Waals surface area contributed by atoms with Gasteiger partial charge in [0.2, 0.25) is 0 Å². The smallest absolute Gasteiger partial charge is 0.0670 e. The van der Waals surface area contributed by atoms with Gasteiger partial charge in [0, 0.05) is 4.47 Å². The maximum absolute atomic E-state index is 8.46. The largest absolute Gasteiger partial charge is 0.198 e. The molecular weight excluding hydrogens is 202 g/mol. The number of rotatable bonds is 1. The van der Waals surface area contributed by atoms with Gasteiger partial charge in [0.05, 0.1) is 12.5 Å². The first kappa shape index (κ1) is 8.29. The van der Waals surface area contributed by atoms with Crippen LogP contribution in [-0.2, 0) is 6.42 Å². The van der Waals surface area contributed by atoms with Crippen molar-refractivity contribution in [2.24, 2.45) is 0 Å². The first-order valence-corrected chi connectivity index (χ1v) is 4.15. The SMILES string of the molecule is Cc1ccc(Br)c(CC#N)c1. The van der Waals surface area contributed by atoms with Gasteiger partial charge < -0.3 is 0 Å². The number of aryl methyl sites for hydroxylation is 1. The third kappa shape index (κ3) is 2.06. The summed E-state index contributed by atoms with van der Waals surface area (Å²) in [6.07, 6.45) is 0.474. The minimum absolute atomic E-state index is 0.474. The topological polar surface area (TPSA) is 23.8 Å². The van der Waals surface area contributed by atoms with Crippen LogP contribution in [0, 0.1) is 18.3 Å². The molecule has 0 N–H and O–H groups in total. The van der Waals surface area contributed by atoms with E-state index in [-0.39, 0.29) is 0 Å². The summed E-state index contributed by atoms with van der Waals surface area (Å²) >= 11 is 3.38. The Morgan fingerprint density at radius 3 is 2.91 bits per heavy atom. The molecule has 1 aromatic rings. The van der Waals surface area contributed by atoms with Crippen molar-refractivity contribution in [3.05, 3.63) is 33.8 Å². The molecule has 0 spiro atoms. The average Bonchev–Trinajstić information content (AvgIpc) is 1.98. The summed E-state index contributed by atoms with van der Waals surface area (Å²) in [5, 5.41) is 8.46. The van der Waals surface area contributed by atoms with E-state index >= 15 is 0 Å². The van der Waals surface area contributed by atoms with E-state index in [9.17, 15) is 0 Å². The minimum atomic E-state index is 0.474. The van der Waals surface area contributed by atoms with E-state index in [0.29, 0.717) is 6.42 Å². The van der Waals surface area contributed by atoms with Gasteiger partial charge >= 0.3 is 0 Å². The Labute approximate surface area is 74.8 Å². The van der Waals surface area contributed by atoms with Gasteiger partial charge in [-0.15, -0.1) is 0 Å². The maximum Gasteiger partial charge on any atom is 0.0670 e. The Bertz CT molecular complexity index is 299. The summed E-state index contributed by atoms with van der Waals surface area (Å²) < 4.78 is 1.02. The second-order valence-electron chi connectivity index (χ2n) is 2.43. The maximum atomic E-state index is 8.46. The molecule has 11 heavy (non-hydrogen) atoms. The van der Waals surface area contributed by atoms with Crippen molar-refractivity contribution in [3.8, 4) is 6.07 Å². The van der Waals surface area contributed by atoms with Crippen LogP contribution in [0.2, 0.25) is 0 Å². The summed E-state index contributed by atoms with van der Waals surface area (Å²) in [6.45, 7) is 2.02. The van der Waals surface area contributed by atoms with E-state index in [4.69, 9.17) is 5.26 Å². The van der Waals surface area contributed by atoms with Crippen molar-refractivity contribution in [2.45, 2.75) is 13.3 Å². The van der Waals surface area contributed by atoms with Gasteiger partial charge in [-0.3, -0.25) is 0 Å². The molecule has 0 aliphatic rings. The molecule has 0 unspecified atom stereocenters. The minimum Gasteiger partial charge on any atom is -0.198 e. The quantitative estimate of drug-likeness (QED) is 0.699. The normalized spacial score (nSPS) is 9.18. The lowest BCUT2D eigenvalue weighted by Gasteiger charge is -1.99. The molecule has 0 saturated heterocycles. The van der Waals surface area contributed by atoms with Crippen LogP contribution in [0.1, 0.15) is 11.1 Å². The molecule has 0 aliphatic heterocycles. The first-order chi connectivity index (χ1) is 5.24. The van der Waals surface area contributed by atoms with Crippen molar-refractivity contribution in [3.63, 3.8) is 0 Å². The Morgan fingerprint density at radius 1 is 1.55 bits per heavy atom. The van der Waals surface area contributed by atoms with Crippen LogP contribution >= 0.6 is 15.9 Å². The molecular formula is C9H8BrN. The second-order valence-corrected chi connectivity index (χ2v) is 3.28. The monoisotopic (exact) mass is 209 g/mol. The summed E-state index contributed by atoms with van der Waals surface area (Å²) in [7, 11) is 0. The Morgan fingerprint density at radius 2 is 2.27 bits per heavy atom. The number of hydrogen-bond acceptors (Lipinski definition) is 1. The van der Waals surface area contributed by atoms with E-state index in [2.05, 4.69) is 22.0 Å². The van der Waals surface area contributed by atoms with Crippen LogP contribution in [-0.4, -0.2) is 0 Å². The Kier molecular flexibility index (Phi) is 2.67. The fourth-order valence-corrected chi connectivity index (χ4v) is 1.31. The van der Waals surface area contributed by atoms with E-state index < -0.39 is 0 Å². The van der Waals surface area contributed by atoms with Crippen LogP contribution in [0.15, 0.2) is 22.7 Å². The standard InChI is InChI=1S/C9H8BrN/c1-7-2-3-9(10)8(6-7)4-5-11/h2-3,6H,4H2,1H3. The molecule has 2 heteroatoms. The number of benzene rings is 1. The summed E-state index contributed by atoms with van der Waals surface area (Å²) in [5.74, 6) is 0. The number of nitrogens with zero attached hydrogens (tertiary/aromatic N) is 1. The third-order valence-electron chi connectivity index (χ3n) is 1.47. The zero-order valence-electron chi connectivity index (χ0n) is 6.26. The highest BCUT2D eigenvalue weighted by Crippen LogP contribution is 2.17. The molecule has 0 aromatic heterocycles. The van der Waals surface area contributed by atoms with Crippen molar-refractivity contribution < 1.29 is 0 Å². The summed E-state index contributed by atoms with van der Waals surface area (Å²) in [5.41, 5.74) is 2.26. The van der Waals surface area contributed by atoms with Crippen molar-refractivity contribution in [1.29, 1.82) is 5.26 Å². The molecule has 1 rings (SSSR count). The fourth-order valence-electron chi connectivity index (χ4n) is 0.924. The molecule has 0 heterocycles. The van der Waals surface area contributed by atoms with Gasteiger partial charge in [0.25, 0.3) is 0 Å². The van der Waals surface area contributed by atoms with Crippen molar-refractivity contribution in [2.75, 3.05) is 0 Å². The molecule has 0 fully saturated rings. The van der Waals surface area contributed by atoms with Gasteiger partial charge in [0.1, 0.15) is 0 Å². The molecule has 0 aliphatic carbocycles. The summed E-state index contributed by atoms with van der Waals surface area (Å²) in [6, 6.07) is 8.14. The predicted octanol–water partition coefficient (Wildman–Crippen LogP) is 2.82. The molecule has 0 atom stereocenters. The van der Waals surface area contributed by atoms with Gasteiger partial charge in [-0.2, -0.15) is 5.26 Å². The van der Waals surface area contributed by atoms with E-state index in [1.54, 1.807) is 0 Å².